The van der Waals surface area contributed by atoms with Crippen molar-refractivity contribution in [3.8, 4) is 0 Å². The molecular formula is C19H28O3. The number of carboxylic acids is 1. The van der Waals surface area contributed by atoms with Gasteiger partial charge in [0.2, 0.25) is 0 Å². The van der Waals surface area contributed by atoms with Crippen molar-refractivity contribution in [3.05, 3.63) is 11.1 Å². The summed E-state index contributed by atoms with van der Waals surface area (Å²) in [7, 11) is 0. The molecule has 0 spiro atoms. The standard InChI is InChI=1S/C19H28O3/c1-16(2)6-12-7-18(5)9-17(3,4)10-19(11-18,15(21)22)14(12)13(20)8-16/h6-11H2,1-5H3,(H,21,22). The number of rotatable bonds is 1. The van der Waals surface area contributed by atoms with Gasteiger partial charge in [0.05, 0.1) is 5.41 Å². The largest absolute Gasteiger partial charge is 0.481 e. The van der Waals surface area contributed by atoms with Crippen LogP contribution in [0.25, 0.3) is 0 Å². The van der Waals surface area contributed by atoms with Crippen LogP contribution in [-0.2, 0) is 9.59 Å². The highest BCUT2D eigenvalue weighted by atomic mass is 16.4. The molecule has 0 aromatic heterocycles. The van der Waals surface area contributed by atoms with Crippen molar-refractivity contribution < 1.29 is 14.7 Å². The summed E-state index contributed by atoms with van der Waals surface area (Å²) in [5, 5.41) is 10.1. The normalized spacial score (nSPS) is 39.4. The first-order valence-electron chi connectivity index (χ1n) is 8.37. The van der Waals surface area contributed by atoms with Gasteiger partial charge in [-0.1, -0.05) is 40.2 Å². The number of ketones is 1. The molecule has 3 nitrogen and oxygen atoms in total. The van der Waals surface area contributed by atoms with Crippen LogP contribution in [0.3, 0.4) is 0 Å². The third-order valence-corrected chi connectivity index (χ3v) is 5.91. The van der Waals surface area contributed by atoms with Crippen LogP contribution in [0.5, 0.6) is 0 Å². The number of hydrogen-bond acceptors (Lipinski definition) is 2. The number of fused-ring (bicyclic) bond motifs is 3. The van der Waals surface area contributed by atoms with Crippen molar-refractivity contribution in [2.24, 2.45) is 21.7 Å². The van der Waals surface area contributed by atoms with Crippen molar-refractivity contribution in [1.82, 2.24) is 0 Å². The predicted molar refractivity (Wildman–Crippen MR) is 85.5 cm³/mol. The maximum Gasteiger partial charge on any atom is 0.314 e. The van der Waals surface area contributed by atoms with E-state index in [1.165, 1.54) is 0 Å². The average molecular weight is 304 g/mol. The molecule has 2 unspecified atom stereocenters. The van der Waals surface area contributed by atoms with Gasteiger partial charge in [0.15, 0.2) is 5.78 Å². The van der Waals surface area contributed by atoms with Crippen molar-refractivity contribution in [1.29, 1.82) is 0 Å². The summed E-state index contributed by atoms with van der Waals surface area (Å²) < 4.78 is 0. The van der Waals surface area contributed by atoms with Crippen LogP contribution >= 0.6 is 0 Å². The quantitative estimate of drug-likeness (QED) is 0.783. The number of Topliss-reactive ketones (excluding diaryl/α,β-unsaturated/α-hetero) is 1. The van der Waals surface area contributed by atoms with Crippen LogP contribution < -0.4 is 0 Å². The lowest BCUT2D eigenvalue weighted by atomic mass is 9.45. The Kier molecular flexibility index (Phi) is 3.04. The van der Waals surface area contributed by atoms with Gasteiger partial charge in [0, 0.05) is 12.0 Å². The summed E-state index contributed by atoms with van der Waals surface area (Å²) in [6.45, 7) is 10.8. The SMILES string of the molecule is CC1(C)CC(=O)C2=C(C1)CC1(C)CC(C)(C)CC2(C(=O)O)C1. The minimum absolute atomic E-state index is 0.00662. The van der Waals surface area contributed by atoms with Crippen molar-refractivity contribution in [2.45, 2.75) is 73.1 Å². The lowest BCUT2D eigenvalue weighted by molar-refractivity contribution is -0.158. The van der Waals surface area contributed by atoms with Gasteiger partial charge in [0.1, 0.15) is 0 Å². The molecule has 3 heteroatoms. The fourth-order valence-corrected chi connectivity index (χ4v) is 6.17. The van der Waals surface area contributed by atoms with Crippen LogP contribution in [-0.4, -0.2) is 16.9 Å². The summed E-state index contributed by atoms with van der Waals surface area (Å²) in [5.41, 5.74) is 0.826. The lowest BCUT2D eigenvalue weighted by Crippen LogP contribution is -2.54. The highest BCUT2D eigenvalue weighted by molar-refractivity contribution is 6.04. The van der Waals surface area contributed by atoms with E-state index in [-0.39, 0.29) is 22.0 Å². The molecule has 22 heavy (non-hydrogen) atoms. The molecule has 122 valence electrons. The molecule has 2 bridgehead atoms. The Morgan fingerprint density at radius 2 is 1.55 bits per heavy atom. The van der Waals surface area contributed by atoms with E-state index >= 15 is 0 Å². The van der Waals surface area contributed by atoms with Gasteiger partial charge in [-0.2, -0.15) is 0 Å². The lowest BCUT2D eigenvalue weighted by Gasteiger charge is -2.57. The first-order chi connectivity index (χ1) is 9.88. The molecule has 1 N–H and O–H groups in total. The highest BCUT2D eigenvalue weighted by Crippen LogP contribution is 2.65. The zero-order valence-corrected chi connectivity index (χ0v) is 14.5. The van der Waals surface area contributed by atoms with Crippen molar-refractivity contribution >= 4 is 11.8 Å². The summed E-state index contributed by atoms with van der Waals surface area (Å²) in [4.78, 5) is 25.1. The molecule has 1 saturated carbocycles. The van der Waals surface area contributed by atoms with Gasteiger partial charge in [-0.05, 0) is 48.3 Å². The molecule has 0 radical (unpaired) electrons. The van der Waals surface area contributed by atoms with E-state index in [2.05, 4.69) is 34.6 Å². The monoisotopic (exact) mass is 304 g/mol. The molecule has 3 rings (SSSR count). The summed E-state index contributed by atoms with van der Waals surface area (Å²) >= 11 is 0. The van der Waals surface area contributed by atoms with Crippen LogP contribution in [0.2, 0.25) is 0 Å². The van der Waals surface area contributed by atoms with Gasteiger partial charge < -0.3 is 5.11 Å². The van der Waals surface area contributed by atoms with Gasteiger partial charge >= 0.3 is 5.97 Å². The van der Waals surface area contributed by atoms with E-state index in [9.17, 15) is 14.7 Å². The molecule has 3 aliphatic carbocycles. The minimum atomic E-state index is -0.947. The Hall–Kier alpha value is -1.12. The van der Waals surface area contributed by atoms with Crippen LogP contribution in [0, 0.1) is 21.7 Å². The van der Waals surface area contributed by atoms with Gasteiger partial charge in [-0.3, -0.25) is 9.59 Å². The molecule has 0 heterocycles. The Bertz CT molecular complexity index is 596. The Morgan fingerprint density at radius 3 is 2.14 bits per heavy atom. The van der Waals surface area contributed by atoms with E-state index < -0.39 is 11.4 Å². The molecule has 3 aliphatic rings. The molecule has 0 amide bonds. The van der Waals surface area contributed by atoms with Crippen LogP contribution in [0.1, 0.15) is 73.1 Å². The second-order valence-corrected chi connectivity index (χ2v) is 9.99. The third-order valence-electron chi connectivity index (χ3n) is 5.91. The molecule has 0 aliphatic heterocycles. The Labute approximate surface area is 133 Å². The molecule has 0 aromatic rings. The first kappa shape index (κ1) is 15.8. The molecule has 0 saturated heterocycles. The third kappa shape index (κ3) is 2.24. The van der Waals surface area contributed by atoms with E-state index in [0.29, 0.717) is 24.8 Å². The average Bonchev–Trinajstić information content (AvgIpc) is 2.20. The number of allylic oxidation sites excluding steroid dienone is 1. The topological polar surface area (TPSA) is 54.4 Å². The predicted octanol–water partition coefficient (Wildman–Crippen LogP) is 4.36. The zero-order chi connectivity index (χ0) is 16.6. The number of hydrogen-bond donors (Lipinski definition) is 1. The maximum atomic E-state index is 12.8. The fraction of sp³-hybridized carbons (Fsp3) is 0.789. The van der Waals surface area contributed by atoms with E-state index in [4.69, 9.17) is 0 Å². The number of carbonyl (C=O) groups excluding carboxylic acids is 1. The summed E-state index contributed by atoms with van der Waals surface area (Å²) in [6, 6.07) is 0. The van der Waals surface area contributed by atoms with Gasteiger partial charge in [-0.15, -0.1) is 0 Å². The first-order valence-corrected chi connectivity index (χ1v) is 8.37. The Morgan fingerprint density at radius 1 is 0.909 bits per heavy atom. The van der Waals surface area contributed by atoms with E-state index in [1.807, 2.05) is 0 Å². The van der Waals surface area contributed by atoms with Gasteiger partial charge in [0.25, 0.3) is 0 Å². The van der Waals surface area contributed by atoms with Crippen LogP contribution in [0.15, 0.2) is 11.1 Å². The van der Waals surface area contributed by atoms with E-state index in [1.54, 1.807) is 0 Å². The summed E-state index contributed by atoms with van der Waals surface area (Å²) in [6.07, 6.45) is 4.52. The minimum Gasteiger partial charge on any atom is -0.481 e. The molecule has 1 fully saturated rings. The second-order valence-electron chi connectivity index (χ2n) is 9.99. The van der Waals surface area contributed by atoms with Crippen molar-refractivity contribution in [2.75, 3.05) is 0 Å². The summed E-state index contributed by atoms with van der Waals surface area (Å²) in [5.74, 6) is -0.694. The molecular weight excluding hydrogens is 276 g/mol. The second kappa shape index (κ2) is 4.24. The highest BCUT2D eigenvalue weighted by Gasteiger charge is 2.61. The molecule has 0 aromatic carbocycles. The number of carboxylic acid groups (broad SMARTS) is 1. The van der Waals surface area contributed by atoms with Gasteiger partial charge in [-0.25, -0.2) is 0 Å². The number of carbonyl (C=O) groups is 2. The van der Waals surface area contributed by atoms with Crippen LogP contribution in [0.4, 0.5) is 0 Å². The fourth-order valence-electron chi connectivity index (χ4n) is 6.17. The zero-order valence-electron chi connectivity index (χ0n) is 14.5. The smallest absolute Gasteiger partial charge is 0.314 e. The number of aliphatic carboxylic acids is 1. The Balaban J connectivity index is 2.22. The molecule has 2 atom stereocenters. The maximum absolute atomic E-state index is 12.8. The van der Waals surface area contributed by atoms with E-state index in [0.717, 1.165) is 24.8 Å². The van der Waals surface area contributed by atoms with Crippen molar-refractivity contribution in [3.63, 3.8) is 0 Å².